The first-order chi connectivity index (χ1) is 2.00. The molecule has 0 radical (unpaired) electrons. The van der Waals surface area contributed by atoms with Crippen molar-refractivity contribution in [1.82, 2.24) is 0 Å². The van der Waals surface area contributed by atoms with Gasteiger partial charge in [-0.2, -0.15) is 0 Å². The Balaban J connectivity index is 3.02. The van der Waals surface area contributed by atoms with Crippen LogP contribution >= 0.6 is 0 Å². The van der Waals surface area contributed by atoms with Crippen molar-refractivity contribution in [3.05, 3.63) is 0 Å². The van der Waals surface area contributed by atoms with Crippen LogP contribution in [0, 0.1) is 0 Å². The predicted octanol–water partition coefficient (Wildman–Crippen LogP) is 2.33. The third-order valence-corrected chi connectivity index (χ3v) is 0. The minimum absolute atomic E-state index is 1.17. The van der Waals surface area contributed by atoms with E-state index in [0.29, 0.717) is 0 Å². The van der Waals surface area contributed by atoms with Crippen LogP contribution in [0.3, 0.4) is 0 Å². The van der Waals surface area contributed by atoms with Gasteiger partial charge in [0.15, 0.2) is 0 Å². The van der Waals surface area contributed by atoms with Gasteiger partial charge in [-0.15, -0.1) is 0 Å². The first-order valence-corrected chi connectivity index (χ1v) is 13.4. The van der Waals surface area contributed by atoms with Crippen LogP contribution in [0.2, 0.25) is 21.3 Å². The minimum atomic E-state index is -1.17. The molecule has 0 spiro atoms. The predicted molar refractivity (Wildman–Crippen MR) is 23.5 cm³/mol. The molecule has 0 aliphatic rings. The molecule has 0 N–H and O–H groups in total. The summed E-state index contributed by atoms with van der Waals surface area (Å²) in [7, 11) is 0. The maximum atomic E-state index is 2.40. The molecule has 0 aromatic heterocycles. The molecule has 0 aliphatic heterocycles. The molecule has 0 bridgehead atoms. The molecule has 0 atom stereocenters. The van der Waals surface area contributed by atoms with Gasteiger partial charge < -0.3 is 0 Å². The number of hydrogen-bond donors (Lipinski definition) is 0. The van der Waals surface area contributed by atoms with E-state index in [4.69, 9.17) is 0 Å². The van der Waals surface area contributed by atoms with Crippen LogP contribution < -0.4 is 0 Å². The van der Waals surface area contributed by atoms with Crippen molar-refractivity contribution in [1.29, 1.82) is 0 Å². The number of hydrogen-bond acceptors (Lipinski definition) is 0. The molecule has 0 nitrogen and oxygen atoms in total. The average molecular weight is 244 g/mol. The summed E-state index contributed by atoms with van der Waals surface area (Å²) in [5.41, 5.74) is 0. The molecular formula is C4H12W. The van der Waals surface area contributed by atoms with Crippen molar-refractivity contribution >= 4 is 0 Å². The molecule has 34 valence electrons. The monoisotopic (exact) mass is 244 g/mol. The van der Waals surface area contributed by atoms with Gasteiger partial charge in [-0.3, -0.25) is 0 Å². The Morgan fingerprint density at radius 2 is 0.800 bits per heavy atom. The molecule has 0 rings (SSSR count). The van der Waals surface area contributed by atoms with Crippen molar-refractivity contribution in [3.8, 4) is 0 Å². The molecule has 0 aliphatic carbocycles. The van der Waals surface area contributed by atoms with Gasteiger partial charge in [0, 0.05) is 0 Å². The first-order valence-electron chi connectivity index (χ1n) is 1.63. The quantitative estimate of drug-likeness (QED) is 0.613. The van der Waals surface area contributed by atoms with Crippen LogP contribution in [0.25, 0.3) is 0 Å². The standard InChI is InChI=1S/4CH3.W/h4*1H3;. The fourth-order valence-electron chi connectivity index (χ4n) is 0. The van der Waals surface area contributed by atoms with Crippen LogP contribution in [0.5, 0.6) is 0 Å². The van der Waals surface area contributed by atoms with E-state index in [1.807, 2.05) is 0 Å². The van der Waals surface area contributed by atoms with E-state index in [-0.39, 0.29) is 0 Å². The Morgan fingerprint density at radius 3 is 0.800 bits per heavy atom. The van der Waals surface area contributed by atoms with Gasteiger partial charge in [0.1, 0.15) is 0 Å². The molecule has 0 fully saturated rings. The van der Waals surface area contributed by atoms with Crippen molar-refractivity contribution in [2.45, 2.75) is 21.3 Å². The van der Waals surface area contributed by atoms with Gasteiger partial charge in [0.05, 0.1) is 0 Å². The summed E-state index contributed by atoms with van der Waals surface area (Å²) >= 11 is -1.17. The van der Waals surface area contributed by atoms with Crippen LogP contribution in [-0.2, 0) is 16.1 Å². The zero-order chi connectivity index (χ0) is 4.50. The molecular weight excluding hydrogens is 232 g/mol. The van der Waals surface area contributed by atoms with E-state index >= 15 is 0 Å². The van der Waals surface area contributed by atoms with Gasteiger partial charge in [-0.1, -0.05) is 0 Å². The van der Waals surface area contributed by atoms with Crippen molar-refractivity contribution in [2.75, 3.05) is 0 Å². The van der Waals surface area contributed by atoms with Crippen LogP contribution in [0.1, 0.15) is 0 Å². The van der Waals surface area contributed by atoms with Crippen LogP contribution in [-0.4, -0.2) is 0 Å². The summed E-state index contributed by atoms with van der Waals surface area (Å²) in [6.45, 7) is 0. The summed E-state index contributed by atoms with van der Waals surface area (Å²) in [6, 6.07) is 0. The maximum absolute atomic E-state index is 2.40. The molecule has 0 aromatic carbocycles. The van der Waals surface area contributed by atoms with Gasteiger partial charge in [-0.05, 0) is 0 Å². The van der Waals surface area contributed by atoms with Crippen molar-refractivity contribution in [3.63, 3.8) is 0 Å². The molecule has 1 heteroatoms. The summed E-state index contributed by atoms with van der Waals surface area (Å²) < 4.78 is 0. The third kappa shape index (κ3) is 71.5. The Bertz CT molecular complexity index is 19.1. The van der Waals surface area contributed by atoms with E-state index < -0.39 is 16.1 Å². The molecule has 0 aromatic rings. The van der Waals surface area contributed by atoms with E-state index in [1.54, 1.807) is 0 Å². The Hall–Kier alpha value is 0.688. The van der Waals surface area contributed by atoms with Gasteiger partial charge in [-0.25, -0.2) is 0 Å². The summed E-state index contributed by atoms with van der Waals surface area (Å²) in [4.78, 5) is 0. The second-order valence-corrected chi connectivity index (χ2v) is 20.0. The van der Waals surface area contributed by atoms with E-state index in [9.17, 15) is 0 Å². The summed E-state index contributed by atoms with van der Waals surface area (Å²) in [5.74, 6) is 0. The van der Waals surface area contributed by atoms with E-state index in [0.717, 1.165) is 0 Å². The van der Waals surface area contributed by atoms with Crippen molar-refractivity contribution < 1.29 is 16.1 Å². The molecule has 0 saturated carbocycles. The Morgan fingerprint density at radius 1 is 0.800 bits per heavy atom. The first kappa shape index (κ1) is 5.69. The molecule has 0 amide bonds. The van der Waals surface area contributed by atoms with Gasteiger partial charge in [0.2, 0.25) is 0 Å². The Labute approximate surface area is 37.8 Å². The fourth-order valence-corrected chi connectivity index (χ4v) is 0. The Kier molecular flexibility index (Phi) is 1.62. The zero-order valence-electron chi connectivity index (χ0n) is 4.41. The number of rotatable bonds is 0. The normalized spacial score (nSPS) is 15.2. The second-order valence-electron chi connectivity index (χ2n) is 2.45. The summed E-state index contributed by atoms with van der Waals surface area (Å²) in [6.07, 6.45) is 0. The third-order valence-electron chi connectivity index (χ3n) is 0. The SMILES string of the molecule is [CH3][W]([CH3])([CH3])[CH3]. The zero-order valence-corrected chi connectivity index (χ0v) is 7.34. The fraction of sp³-hybridized carbons (Fsp3) is 1.00. The molecule has 5 heavy (non-hydrogen) atoms. The van der Waals surface area contributed by atoms with Crippen LogP contribution in [0.15, 0.2) is 0 Å². The van der Waals surface area contributed by atoms with Gasteiger partial charge in [0.25, 0.3) is 0 Å². The van der Waals surface area contributed by atoms with Gasteiger partial charge >= 0.3 is 37.3 Å². The second kappa shape index (κ2) is 1.43. The molecule has 0 heterocycles. The van der Waals surface area contributed by atoms with E-state index in [1.165, 1.54) is 0 Å². The topological polar surface area (TPSA) is 0 Å². The van der Waals surface area contributed by atoms with Crippen molar-refractivity contribution in [2.24, 2.45) is 0 Å². The average Bonchev–Trinajstić information content (AvgIpc) is 0.722. The van der Waals surface area contributed by atoms with Crippen LogP contribution in [0.4, 0.5) is 0 Å². The van der Waals surface area contributed by atoms with E-state index in [2.05, 4.69) is 21.3 Å². The summed E-state index contributed by atoms with van der Waals surface area (Å²) in [5, 5.41) is 9.58. The molecule has 0 unspecified atom stereocenters. The molecule has 0 saturated heterocycles.